The molecule has 2 aromatic carbocycles. The van der Waals surface area contributed by atoms with E-state index in [2.05, 4.69) is 24.4 Å². The summed E-state index contributed by atoms with van der Waals surface area (Å²) >= 11 is 0. The van der Waals surface area contributed by atoms with Crippen molar-refractivity contribution in [3.63, 3.8) is 0 Å². The van der Waals surface area contributed by atoms with Crippen molar-refractivity contribution in [2.45, 2.75) is 38.9 Å². The number of nitrogens with zero attached hydrogens (tertiary/aromatic N) is 4. The van der Waals surface area contributed by atoms with Gasteiger partial charge in [-0.25, -0.2) is 14.8 Å². The lowest BCUT2D eigenvalue weighted by Crippen LogP contribution is -2.32. The van der Waals surface area contributed by atoms with Crippen molar-refractivity contribution in [3.05, 3.63) is 64.6 Å². The maximum absolute atomic E-state index is 13.3. The summed E-state index contributed by atoms with van der Waals surface area (Å²) in [6, 6.07) is 16.1. The minimum atomic E-state index is -0.0467. The van der Waals surface area contributed by atoms with E-state index in [4.69, 9.17) is 19.4 Å². The van der Waals surface area contributed by atoms with E-state index in [1.165, 1.54) is 5.56 Å². The molecule has 4 heterocycles. The standard InChI is InChI=1S/C24H23N5O3/c1-2-10-28-23-20(26-21(27-23)16-8-9-18-19(12-16)32-14-31-18)22-25-17(13-29(22)24(28)30)11-15-6-4-3-5-7-15/h3-9,12,17,25H,2,10-11,13-14H2,1H3/t17-/m1/s1. The molecule has 0 fully saturated rings. The SMILES string of the molecule is CCCn1c2nc(-c3ccc4c(c3)OCO4)nc-2c2n(c1=O)C[C@@H](Cc1ccccc1)N2. The fourth-order valence-electron chi connectivity index (χ4n) is 4.52. The molecule has 1 N–H and O–H groups in total. The quantitative estimate of drug-likeness (QED) is 0.524. The molecule has 2 aromatic rings. The van der Waals surface area contributed by atoms with Gasteiger partial charge >= 0.3 is 5.69 Å². The van der Waals surface area contributed by atoms with Gasteiger partial charge in [-0.05, 0) is 36.6 Å². The Hall–Kier alpha value is -3.81. The number of fused-ring (bicyclic) bond motifs is 4. The lowest BCUT2D eigenvalue weighted by molar-refractivity contribution is 0.174. The van der Waals surface area contributed by atoms with E-state index in [1.54, 1.807) is 4.57 Å². The molecule has 0 saturated carbocycles. The molecule has 0 radical (unpaired) electrons. The van der Waals surface area contributed by atoms with Crippen LogP contribution in [0.15, 0.2) is 53.3 Å². The summed E-state index contributed by atoms with van der Waals surface area (Å²) < 4.78 is 14.5. The molecule has 0 aliphatic carbocycles. The molecule has 8 nitrogen and oxygen atoms in total. The van der Waals surface area contributed by atoms with Crippen molar-refractivity contribution in [3.8, 4) is 34.4 Å². The summed E-state index contributed by atoms with van der Waals surface area (Å²) in [5, 5.41) is 3.55. The highest BCUT2D eigenvalue weighted by atomic mass is 16.7. The Morgan fingerprint density at radius 1 is 1.09 bits per heavy atom. The van der Waals surface area contributed by atoms with E-state index >= 15 is 0 Å². The van der Waals surface area contributed by atoms with E-state index in [9.17, 15) is 4.79 Å². The zero-order chi connectivity index (χ0) is 21.7. The molecule has 8 heteroatoms. The molecule has 0 saturated heterocycles. The lowest BCUT2D eigenvalue weighted by Gasteiger charge is -2.13. The molecular formula is C24H23N5O3. The summed E-state index contributed by atoms with van der Waals surface area (Å²) in [5.41, 5.74) is 2.74. The average molecular weight is 429 g/mol. The van der Waals surface area contributed by atoms with Crippen molar-refractivity contribution in [2.24, 2.45) is 0 Å². The van der Waals surface area contributed by atoms with Gasteiger partial charge in [0.15, 0.2) is 23.1 Å². The number of nitrogens with one attached hydrogen (secondary N) is 1. The normalized spacial score (nSPS) is 16.3. The van der Waals surface area contributed by atoms with Crippen LogP contribution in [0, 0.1) is 0 Å². The molecule has 4 aliphatic rings. The summed E-state index contributed by atoms with van der Waals surface area (Å²) in [6.07, 6.45) is 1.67. The zero-order valence-corrected chi connectivity index (χ0v) is 17.7. The number of benzene rings is 2. The number of imidazole rings is 1. The van der Waals surface area contributed by atoms with Crippen molar-refractivity contribution in [2.75, 3.05) is 12.1 Å². The molecule has 32 heavy (non-hydrogen) atoms. The Labute approximate surface area is 184 Å². The minimum absolute atomic E-state index is 0.0467. The fourth-order valence-corrected chi connectivity index (χ4v) is 4.52. The topological polar surface area (TPSA) is 83.2 Å². The second kappa shape index (κ2) is 7.40. The molecule has 0 amide bonds. The van der Waals surface area contributed by atoms with Gasteiger partial charge in [-0.15, -0.1) is 0 Å². The molecular weight excluding hydrogens is 406 g/mol. The third-order valence-electron chi connectivity index (χ3n) is 6.00. The van der Waals surface area contributed by atoms with Crippen LogP contribution in [0.2, 0.25) is 0 Å². The maximum atomic E-state index is 13.3. The van der Waals surface area contributed by atoms with Gasteiger partial charge in [0.05, 0.1) is 0 Å². The van der Waals surface area contributed by atoms with E-state index < -0.39 is 0 Å². The minimum Gasteiger partial charge on any atom is -0.454 e. The van der Waals surface area contributed by atoms with Gasteiger partial charge in [0.2, 0.25) is 6.79 Å². The molecule has 0 spiro atoms. The number of hydrogen-bond donors (Lipinski definition) is 1. The highest BCUT2D eigenvalue weighted by molar-refractivity contribution is 5.75. The van der Waals surface area contributed by atoms with Gasteiger partial charge in [-0.2, -0.15) is 0 Å². The number of anilines is 1. The van der Waals surface area contributed by atoms with Crippen LogP contribution in [0.4, 0.5) is 5.82 Å². The average Bonchev–Trinajstić information content (AvgIpc) is 3.54. The zero-order valence-electron chi connectivity index (χ0n) is 17.7. The molecule has 0 aromatic heterocycles. The molecule has 0 bridgehead atoms. The van der Waals surface area contributed by atoms with Gasteiger partial charge in [0.1, 0.15) is 11.5 Å². The molecule has 0 unspecified atom stereocenters. The highest BCUT2D eigenvalue weighted by Crippen LogP contribution is 2.38. The smallest absolute Gasteiger partial charge is 0.331 e. The number of ether oxygens (including phenoxy) is 2. The Kier molecular flexibility index (Phi) is 4.38. The van der Waals surface area contributed by atoms with Gasteiger partial charge in [-0.1, -0.05) is 37.3 Å². The summed E-state index contributed by atoms with van der Waals surface area (Å²) in [5.74, 6) is 3.34. The maximum Gasteiger partial charge on any atom is 0.331 e. The van der Waals surface area contributed by atoms with Crippen molar-refractivity contribution >= 4 is 5.82 Å². The van der Waals surface area contributed by atoms with Crippen LogP contribution in [0.25, 0.3) is 22.9 Å². The first-order valence-electron chi connectivity index (χ1n) is 10.9. The highest BCUT2D eigenvalue weighted by Gasteiger charge is 2.32. The first kappa shape index (κ1) is 18.9. The first-order valence-corrected chi connectivity index (χ1v) is 10.9. The van der Waals surface area contributed by atoms with Crippen LogP contribution in [0.1, 0.15) is 18.9 Å². The lowest BCUT2D eigenvalue weighted by atomic mass is 10.1. The Morgan fingerprint density at radius 3 is 2.78 bits per heavy atom. The van der Waals surface area contributed by atoms with Gasteiger partial charge in [0.25, 0.3) is 0 Å². The van der Waals surface area contributed by atoms with Crippen molar-refractivity contribution in [1.29, 1.82) is 0 Å². The molecule has 6 rings (SSSR count). The predicted octanol–water partition coefficient (Wildman–Crippen LogP) is 3.39. The third-order valence-corrected chi connectivity index (χ3v) is 6.00. The fraction of sp³-hybridized carbons (Fsp3) is 0.292. The Bertz CT molecular complexity index is 1330. The second-order valence-electron chi connectivity index (χ2n) is 8.21. The monoisotopic (exact) mass is 429 g/mol. The number of aromatic nitrogens is 4. The van der Waals surface area contributed by atoms with Gasteiger partial charge in [0, 0.05) is 24.7 Å². The Morgan fingerprint density at radius 2 is 1.94 bits per heavy atom. The van der Waals surface area contributed by atoms with Crippen LogP contribution < -0.4 is 20.5 Å². The first-order chi connectivity index (χ1) is 15.7. The van der Waals surface area contributed by atoms with Crippen molar-refractivity contribution < 1.29 is 9.47 Å². The largest absolute Gasteiger partial charge is 0.454 e. The number of rotatable bonds is 5. The van der Waals surface area contributed by atoms with Crippen LogP contribution in [-0.4, -0.2) is 31.9 Å². The van der Waals surface area contributed by atoms with E-state index in [0.29, 0.717) is 30.5 Å². The van der Waals surface area contributed by atoms with Crippen LogP contribution >= 0.6 is 0 Å². The number of hydrogen-bond acceptors (Lipinski definition) is 6. The predicted molar refractivity (Wildman–Crippen MR) is 120 cm³/mol. The summed E-state index contributed by atoms with van der Waals surface area (Å²) in [4.78, 5) is 23.0. The van der Waals surface area contributed by atoms with Crippen LogP contribution in [-0.2, 0) is 19.5 Å². The van der Waals surface area contributed by atoms with Gasteiger partial charge in [-0.3, -0.25) is 9.13 Å². The van der Waals surface area contributed by atoms with Crippen LogP contribution in [0.3, 0.4) is 0 Å². The molecule has 1 atom stereocenters. The Balaban J connectivity index is 1.43. The third kappa shape index (κ3) is 3.02. The van der Waals surface area contributed by atoms with Gasteiger partial charge < -0.3 is 14.8 Å². The second-order valence-corrected chi connectivity index (χ2v) is 8.21. The summed E-state index contributed by atoms with van der Waals surface area (Å²) in [7, 11) is 0. The molecule has 4 aliphatic heterocycles. The molecule has 162 valence electrons. The van der Waals surface area contributed by atoms with E-state index in [-0.39, 0.29) is 18.5 Å². The van der Waals surface area contributed by atoms with E-state index in [1.807, 2.05) is 41.0 Å². The van der Waals surface area contributed by atoms with E-state index in [0.717, 1.165) is 35.7 Å². The van der Waals surface area contributed by atoms with Crippen molar-refractivity contribution in [1.82, 2.24) is 19.1 Å². The van der Waals surface area contributed by atoms with Crippen LogP contribution in [0.5, 0.6) is 11.5 Å². The summed E-state index contributed by atoms with van der Waals surface area (Å²) in [6.45, 7) is 3.48.